The molecule has 1 N–H and O–H groups in total. The maximum absolute atomic E-state index is 10.5. The smallest absolute Gasteiger partial charge is 0.228 e. The van der Waals surface area contributed by atoms with Crippen LogP contribution >= 0.6 is 0 Å². The summed E-state index contributed by atoms with van der Waals surface area (Å²) in [5.41, 5.74) is 0. The van der Waals surface area contributed by atoms with Crippen LogP contribution in [0.4, 0.5) is 0 Å². The second-order valence-corrected chi connectivity index (χ2v) is 1.44. The lowest BCUT2D eigenvalue weighted by atomic mass is 10.6. The van der Waals surface area contributed by atoms with Gasteiger partial charge in [0, 0.05) is 6.54 Å². The molecule has 0 unspecified atom stereocenters. The van der Waals surface area contributed by atoms with Crippen molar-refractivity contribution in [3.63, 3.8) is 0 Å². The van der Waals surface area contributed by atoms with Gasteiger partial charge in [-0.3, -0.25) is 4.79 Å². The Hall–Kier alpha value is -1.05. The third kappa shape index (κ3) is 4.81. The van der Waals surface area contributed by atoms with Crippen molar-refractivity contribution in [2.75, 3.05) is 6.54 Å². The number of amides is 1. The first-order valence-corrected chi connectivity index (χ1v) is 2.65. The van der Waals surface area contributed by atoms with E-state index in [1.165, 1.54) is 12.5 Å². The van der Waals surface area contributed by atoms with Gasteiger partial charge < -0.3 is 5.32 Å². The lowest BCUT2D eigenvalue weighted by Crippen LogP contribution is -2.22. The highest BCUT2D eigenvalue weighted by Crippen LogP contribution is 1.75. The van der Waals surface area contributed by atoms with Crippen LogP contribution < -0.4 is 5.32 Å². The van der Waals surface area contributed by atoms with E-state index in [0.717, 1.165) is 0 Å². The summed E-state index contributed by atoms with van der Waals surface area (Å²) < 4.78 is 0. The van der Waals surface area contributed by atoms with Gasteiger partial charge in [0.25, 0.3) is 0 Å². The molecule has 0 aromatic heterocycles. The monoisotopic (exact) mass is 125 g/mol. The van der Waals surface area contributed by atoms with Crippen LogP contribution in [-0.2, 0) is 4.79 Å². The summed E-state index contributed by atoms with van der Waals surface area (Å²) in [4.78, 5) is 10.5. The highest BCUT2D eigenvalue weighted by Gasteiger charge is 1.92. The fraction of sp³-hybridized carbons (Fsp3) is 0.143. The van der Waals surface area contributed by atoms with Gasteiger partial charge in [-0.05, 0) is 0 Å². The normalized spacial score (nSPS) is 8.00. The lowest BCUT2D eigenvalue weighted by Gasteiger charge is -1.95. The molecule has 0 heterocycles. The molecular formula is C7H10NO. The fourth-order valence-electron chi connectivity index (χ4n) is 0.339. The average Bonchev–Trinajstić information content (AvgIpc) is 1.85. The van der Waals surface area contributed by atoms with Crippen LogP contribution in [0.25, 0.3) is 0 Å². The molecule has 1 radical (unpaired) electrons. The van der Waals surface area contributed by atoms with E-state index in [1.807, 2.05) is 0 Å². The summed E-state index contributed by atoms with van der Waals surface area (Å²) in [5, 5.41) is 2.55. The second kappa shape index (κ2) is 5.09. The molecule has 0 bridgehead atoms. The zero-order valence-electron chi connectivity index (χ0n) is 5.26. The third-order valence-corrected chi connectivity index (χ3v) is 0.690. The van der Waals surface area contributed by atoms with E-state index in [2.05, 4.69) is 18.5 Å². The fourth-order valence-corrected chi connectivity index (χ4v) is 0.339. The third-order valence-electron chi connectivity index (χ3n) is 0.690. The van der Waals surface area contributed by atoms with E-state index < -0.39 is 0 Å². The highest BCUT2D eigenvalue weighted by molar-refractivity contribution is 5.86. The molecule has 49 valence electrons. The Morgan fingerprint density at radius 3 is 2.67 bits per heavy atom. The summed E-state index contributed by atoms with van der Waals surface area (Å²) >= 11 is 0. The van der Waals surface area contributed by atoms with Gasteiger partial charge >= 0.3 is 0 Å². The number of carbonyl (C=O) groups excluding carboxylic acids is 1. The molecule has 0 saturated carbocycles. The van der Waals surface area contributed by atoms with Crippen molar-refractivity contribution in [1.82, 2.24) is 5.32 Å². The Bertz CT molecular complexity index is 118. The average molecular weight is 125 g/mol. The Morgan fingerprint density at radius 1 is 1.56 bits per heavy atom. The SMILES string of the molecule is C=C[CH][13C](=O)NCC=C. The molecule has 2 nitrogen and oxygen atoms in total. The molecule has 0 rings (SSSR count). The van der Waals surface area contributed by atoms with Crippen LogP contribution in [0.3, 0.4) is 0 Å². The van der Waals surface area contributed by atoms with Crippen LogP contribution in [-0.4, -0.2) is 12.5 Å². The van der Waals surface area contributed by atoms with Gasteiger partial charge in [0.15, 0.2) is 0 Å². The number of nitrogens with one attached hydrogen (secondary N) is 1. The first-order valence-electron chi connectivity index (χ1n) is 2.65. The first-order chi connectivity index (χ1) is 4.31. The topological polar surface area (TPSA) is 29.1 Å². The largest absolute Gasteiger partial charge is 0.352 e. The summed E-state index contributed by atoms with van der Waals surface area (Å²) in [7, 11) is 0. The van der Waals surface area contributed by atoms with Crippen LogP contribution in [0.2, 0.25) is 0 Å². The van der Waals surface area contributed by atoms with Gasteiger partial charge in [0.1, 0.15) is 0 Å². The quantitative estimate of drug-likeness (QED) is 0.434. The van der Waals surface area contributed by atoms with Gasteiger partial charge in [0.05, 0.1) is 6.42 Å². The minimum absolute atomic E-state index is 0.134. The van der Waals surface area contributed by atoms with E-state index in [-0.39, 0.29) is 5.91 Å². The molecule has 0 atom stereocenters. The van der Waals surface area contributed by atoms with Crippen LogP contribution in [0, 0.1) is 6.42 Å². The minimum atomic E-state index is -0.134. The number of hydrogen-bond acceptors (Lipinski definition) is 1. The van der Waals surface area contributed by atoms with Crippen molar-refractivity contribution >= 4 is 5.91 Å². The van der Waals surface area contributed by atoms with Crippen molar-refractivity contribution in [2.45, 2.75) is 0 Å². The van der Waals surface area contributed by atoms with Crippen molar-refractivity contribution < 1.29 is 4.79 Å². The van der Waals surface area contributed by atoms with E-state index in [0.29, 0.717) is 6.54 Å². The molecule has 0 fully saturated rings. The second-order valence-electron chi connectivity index (χ2n) is 1.44. The zero-order valence-corrected chi connectivity index (χ0v) is 5.26. The predicted octanol–water partition coefficient (Wildman–Crippen LogP) is 0.679. The Morgan fingerprint density at radius 2 is 2.22 bits per heavy atom. The Labute approximate surface area is 55.3 Å². The van der Waals surface area contributed by atoms with E-state index >= 15 is 0 Å². The molecular weight excluding hydrogens is 115 g/mol. The summed E-state index contributed by atoms with van der Waals surface area (Å²) in [5.74, 6) is -0.134. The van der Waals surface area contributed by atoms with Crippen molar-refractivity contribution in [3.8, 4) is 0 Å². The van der Waals surface area contributed by atoms with Gasteiger partial charge in [0.2, 0.25) is 5.91 Å². The Kier molecular flexibility index (Phi) is 4.50. The van der Waals surface area contributed by atoms with Crippen molar-refractivity contribution in [1.29, 1.82) is 0 Å². The molecule has 0 aromatic rings. The van der Waals surface area contributed by atoms with Crippen LogP contribution in [0.15, 0.2) is 25.3 Å². The molecule has 0 saturated heterocycles. The molecule has 1 amide bonds. The number of rotatable bonds is 4. The number of hydrogen-bond donors (Lipinski definition) is 1. The van der Waals surface area contributed by atoms with Gasteiger partial charge in [-0.1, -0.05) is 12.2 Å². The zero-order chi connectivity index (χ0) is 7.11. The van der Waals surface area contributed by atoms with Crippen LogP contribution in [0.1, 0.15) is 0 Å². The van der Waals surface area contributed by atoms with Gasteiger partial charge in [-0.25, -0.2) is 0 Å². The first kappa shape index (κ1) is 7.95. The summed E-state index contributed by atoms with van der Waals surface area (Å²) in [6, 6.07) is 0. The summed E-state index contributed by atoms with van der Waals surface area (Å²) in [6.45, 7) is 7.31. The minimum Gasteiger partial charge on any atom is -0.352 e. The van der Waals surface area contributed by atoms with Crippen LogP contribution in [0.5, 0.6) is 0 Å². The van der Waals surface area contributed by atoms with Crippen molar-refractivity contribution in [2.24, 2.45) is 0 Å². The molecule has 0 aromatic carbocycles. The van der Waals surface area contributed by atoms with Crippen molar-refractivity contribution in [3.05, 3.63) is 31.7 Å². The lowest BCUT2D eigenvalue weighted by molar-refractivity contribution is -0.117. The molecule has 0 aliphatic heterocycles. The molecule has 0 spiro atoms. The maximum atomic E-state index is 10.5. The molecule has 0 aliphatic rings. The maximum Gasteiger partial charge on any atom is 0.228 e. The van der Waals surface area contributed by atoms with E-state index in [9.17, 15) is 4.79 Å². The van der Waals surface area contributed by atoms with Gasteiger partial charge in [-0.2, -0.15) is 0 Å². The Balaban J connectivity index is 3.26. The molecule has 2 heteroatoms. The predicted molar refractivity (Wildman–Crippen MR) is 37.7 cm³/mol. The molecule has 0 aliphatic carbocycles. The summed E-state index contributed by atoms with van der Waals surface area (Å²) in [6.07, 6.45) is 4.43. The highest BCUT2D eigenvalue weighted by atomic mass is 16.2. The van der Waals surface area contributed by atoms with Gasteiger partial charge in [-0.15, -0.1) is 13.2 Å². The van der Waals surface area contributed by atoms with E-state index in [1.54, 1.807) is 6.08 Å². The molecule has 9 heavy (non-hydrogen) atoms. The standard InChI is InChI=1S/C7H10NO/c1-3-5-7(9)8-6-4-2/h3-5H,1-2,6H2,(H,8,9)/i7+1. The number of carbonyl (C=O) groups is 1. The van der Waals surface area contributed by atoms with E-state index in [4.69, 9.17) is 0 Å².